The molecule has 0 bridgehead atoms. The van der Waals surface area contributed by atoms with Gasteiger partial charge >= 0.3 is 5.97 Å². The average Bonchev–Trinajstić information content (AvgIpc) is 2.60. The van der Waals surface area contributed by atoms with E-state index < -0.39 is 6.10 Å². The molecule has 1 aliphatic carbocycles. The van der Waals surface area contributed by atoms with E-state index >= 15 is 0 Å². The lowest BCUT2D eigenvalue weighted by Crippen LogP contribution is -2.35. The molecule has 4 nitrogen and oxygen atoms in total. The highest BCUT2D eigenvalue weighted by Gasteiger charge is 2.46. The predicted octanol–water partition coefficient (Wildman–Crippen LogP) is 1.86. The van der Waals surface area contributed by atoms with Gasteiger partial charge in [-0.1, -0.05) is 25.5 Å². The van der Waals surface area contributed by atoms with E-state index in [2.05, 4.69) is 0 Å². The quantitative estimate of drug-likeness (QED) is 0.537. The minimum absolute atomic E-state index is 0.148. The van der Waals surface area contributed by atoms with Gasteiger partial charge in [0, 0.05) is 24.7 Å². The number of hydrogen-bond acceptors (Lipinski definition) is 4. The predicted molar refractivity (Wildman–Crippen MR) is 70.3 cm³/mol. The molecule has 2 aliphatic rings. The first-order chi connectivity index (χ1) is 8.90. The fourth-order valence-electron chi connectivity index (χ4n) is 3.10. The molecule has 106 valence electrons. The Morgan fingerprint density at radius 1 is 1.32 bits per heavy atom. The number of esters is 1. The lowest BCUT2D eigenvalue weighted by molar-refractivity contribution is -0.143. The first-order valence-corrected chi connectivity index (χ1v) is 6.97. The third kappa shape index (κ3) is 2.89. The van der Waals surface area contributed by atoms with Gasteiger partial charge in [-0.25, -0.2) is 0 Å². The third-order valence-corrected chi connectivity index (χ3v) is 4.41. The summed E-state index contributed by atoms with van der Waals surface area (Å²) in [5, 5.41) is 10.4. The minimum Gasteiger partial charge on any atom is -0.461 e. The summed E-state index contributed by atoms with van der Waals surface area (Å²) < 4.78 is 5.39. The summed E-state index contributed by atoms with van der Waals surface area (Å²) in [6, 6.07) is 0. The van der Waals surface area contributed by atoms with E-state index in [1.807, 2.05) is 19.9 Å². The van der Waals surface area contributed by atoms with Crippen LogP contribution in [0.4, 0.5) is 0 Å². The summed E-state index contributed by atoms with van der Waals surface area (Å²) in [6.45, 7) is 5.58. The number of Topliss-reactive ketones (excluding diaryl/α,β-unsaturated/α-hetero) is 1. The van der Waals surface area contributed by atoms with Gasteiger partial charge < -0.3 is 9.84 Å². The second-order valence-corrected chi connectivity index (χ2v) is 5.97. The normalized spacial score (nSPS) is 43.2. The Morgan fingerprint density at radius 3 is 2.68 bits per heavy atom. The molecule has 19 heavy (non-hydrogen) atoms. The summed E-state index contributed by atoms with van der Waals surface area (Å²) >= 11 is 0. The van der Waals surface area contributed by atoms with Crippen molar-refractivity contribution in [3.63, 3.8) is 0 Å². The van der Waals surface area contributed by atoms with Crippen molar-refractivity contribution in [2.45, 2.75) is 52.2 Å². The molecule has 1 heterocycles. The van der Waals surface area contributed by atoms with E-state index in [0.717, 1.165) is 5.57 Å². The maximum Gasteiger partial charge on any atom is 0.309 e. The first-order valence-electron chi connectivity index (χ1n) is 6.97. The maximum absolute atomic E-state index is 11.9. The van der Waals surface area contributed by atoms with Gasteiger partial charge in [-0.3, -0.25) is 9.59 Å². The molecule has 0 aromatic heterocycles. The van der Waals surface area contributed by atoms with Crippen LogP contribution in [0.25, 0.3) is 0 Å². The second kappa shape index (κ2) is 5.45. The molecular weight excluding hydrogens is 244 g/mol. The molecule has 0 spiro atoms. The van der Waals surface area contributed by atoms with Crippen LogP contribution < -0.4 is 0 Å². The van der Waals surface area contributed by atoms with Gasteiger partial charge in [0.25, 0.3) is 0 Å². The van der Waals surface area contributed by atoms with Gasteiger partial charge in [0.15, 0.2) is 0 Å². The molecule has 1 aliphatic heterocycles. The van der Waals surface area contributed by atoms with Crippen LogP contribution in [0, 0.1) is 17.8 Å². The minimum atomic E-state index is -0.656. The number of rotatable bonds is 0. The first kappa shape index (κ1) is 14.3. The molecule has 0 radical (unpaired) electrons. The number of aliphatic hydroxyl groups is 1. The Hall–Kier alpha value is -1.16. The van der Waals surface area contributed by atoms with Gasteiger partial charge in [-0.15, -0.1) is 0 Å². The van der Waals surface area contributed by atoms with Crippen LogP contribution in [-0.4, -0.2) is 29.1 Å². The molecule has 1 saturated heterocycles. The van der Waals surface area contributed by atoms with Gasteiger partial charge in [-0.05, 0) is 13.3 Å². The largest absolute Gasteiger partial charge is 0.461 e. The van der Waals surface area contributed by atoms with Crippen molar-refractivity contribution in [2.75, 3.05) is 0 Å². The van der Waals surface area contributed by atoms with E-state index in [-0.39, 0.29) is 35.6 Å². The molecule has 0 saturated carbocycles. The fourth-order valence-corrected chi connectivity index (χ4v) is 3.10. The SMILES string of the molecule is C/C1=C\CC(=O)[C@@H](C)C[C@@H](O)[C@H]2[C@H](C1)OC(=O)[C@@H]2C. The van der Waals surface area contributed by atoms with Gasteiger partial charge in [0.2, 0.25) is 0 Å². The molecule has 0 unspecified atom stereocenters. The van der Waals surface area contributed by atoms with E-state index in [9.17, 15) is 14.7 Å². The van der Waals surface area contributed by atoms with Crippen molar-refractivity contribution in [1.82, 2.24) is 0 Å². The van der Waals surface area contributed by atoms with Crippen LogP contribution in [0.15, 0.2) is 11.6 Å². The number of carbonyl (C=O) groups excluding carboxylic acids is 2. The number of aliphatic hydroxyl groups excluding tert-OH is 1. The number of carbonyl (C=O) groups is 2. The zero-order valence-corrected chi connectivity index (χ0v) is 11.8. The standard InChI is InChI=1S/C15H22O4/c1-8-4-5-11(16)9(2)7-12(17)14-10(3)15(18)19-13(14)6-8/h4,9-10,12-14,17H,5-7H2,1-3H3/b8-4+/t9-,10+,12+,13-,14-/m0/s1. The molecule has 1 N–H and O–H groups in total. The van der Waals surface area contributed by atoms with Crippen molar-refractivity contribution in [3.8, 4) is 0 Å². The smallest absolute Gasteiger partial charge is 0.309 e. The topological polar surface area (TPSA) is 63.6 Å². The van der Waals surface area contributed by atoms with Crippen LogP contribution in [0.1, 0.15) is 40.0 Å². The third-order valence-electron chi connectivity index (χ3n) is 4.41. The Balaban J connectivity index is 2.28. The van der Waals surface area contributed by atoms with Crippen molar-refractivity contribution in [3.05, 3.63) is 11.6 Å². The summed E-state index contributed by atoms with van der Waals surface area (Å²) in [4.78, 5) is 23.6. The fraction of sp³-hybridized carbons (Fsp3) is 0.733. The van der Waals surface area contributed by atoms with Gasteiger partial charge in [0.1, 0.15) is 11.9 Å². The van der Waals surface area contributed by atoms with Crippen LogP contribution >= 0.6 is 0 Å². The van der Waals surface area contributed by atoms with Crippen molar-refractivity contribution in [2.24, 2.45) is 17.8 Å². The zero-order chi connectivity index (χ0) is 14.2. The summed E-state index contributed by atoms with van der Waals surface area (Å²) in [5.74, 6) is -0.769. The number of ketones is 1. The summed E-state index contributed by atoms with van der Waals surface area (Å²) in [6.07, 6.45) is 2.43. The summed E-state index contributed by atoms with van der Waals surface area (Å²) in [7, 11) is 0. The molecule has 0 aromatic carbocycles. The van der Waals surface area contributed by atoms with Crippen LogP contribution in [0.2, 0.25) is 0 Å². The lowest BCUT2D eigenvalue weighted by Gasteiger charge is -2.27. The number of fused-ring (bicyclic) bond motifs is 1. The van der Waals surface area contributed by atoms with Crippen LogP contribution in [0.5, 0.6) is 0 Å². The van der Waals surface area contributed by atoms with Gasteiger partial charge in [0.05, 0.1) is 12.0 Å². The maximum atomic E-state index is 11.9. The van der Waals surface area contributed by atoms with Crippen molar-refractivity contribution in [1.29, 1.82) is 0 Å². The van der Waals surface area contributed by atoms with E-state index in [1.54, 1.807) is 6.92 Å². The molecule has 4 heteroatoms. The Bertz CT molecular complexity index is 412. The van der Waals surface area contributed by atoms with E-state index in [4.69, 9.17) is 4.74 Å². The van der Waals surface area contributed by atoms with Crippen LogP contribution in [-0.2, 0) is 14.3 Å². The summed E-state index contributed by atoms with van der Waals surface area (Å²) in [5.41, 5.74) is 1.05. The monoisotopic (exact) mass is 266 g/mol. The molecular formula is C15H22O4. The molecule has 5 atom stereocenters. The Labute approximate surface area is 113 Å². The van der Waals surface area contributed by atoms with Crippen molar-refractivity contribution < 1.29 is 19.4 Å². The van der Waals surface area contributed by atoms with Gasteiger partial charge in [-0.2, -0.15) is 0 Å². The number of ether oxygens (including phenoxy) is 1. The van der Waals surface area contributed by atoms with Crippen molar-refractivity contribution >= 4 is 11.8 Å². The zero-order valence-electron chi connectivity index (χ0n) is 11.8. The Kier molecular flexibility index (Phi) is 4.09. The Morgan fingerprint density at radius 2 is 2.00 bits per heavy atom. The van der Waals surface area contributed by atoms with Crippen LogP contribution in [0.3, 0.4) is 0 Å². The molecule has 0 aromatic rings. The second-order valence-electron chi connectivity index (χ2n) is 5.97. The highest BCUT2D eigenvalue weighted by molar-refractivity contribution is 5.82. The number of hydrogen-bond donors (Lipinski definition) is 1. The lowest BCUT2D eigenvalue weighted by atomic mass is 9.79. The molecule has 1 fully saturated rings. The highest BCUT2D eigenvalue weighted by Crippen LogP contribution is 2.37. The molecule has 0 amide bonds. The number of allylic oxidation sites excluding steroid dienone is 1. The van der Waals surface area contributed by atoms with E-state index in [0.29, 0.717) is 19.3 Å². The van der Waals surface area contributed by atoms with E-state index in [1.165, 1.54) is 0 Å². The molecule has 2 rings (SSSR count). The average molecular weight is 266 g/mol. The highest BCUT2D eigenvalue weighted by atomic mass is 16.6.